The van der Waals surface area contributed by atoms with Crippen molar-refractivity contribution < 1.29 is 29.3 Å². The summed E-state index contributed by atoms with van der Waals surface area (Å²) in [6, 6.07) is 7.61. The van der Waals surface area contributed by atoms with E-state index < -0.39 is 24.3 Å². The first kappa shape index (κ1) is 23.7. The van der Waals surface area contributed by atoms with Crippen LogP contribution in [0.1, 0.15) is 31.2 Å². The number of carboxylic acid groups (broad SMARTS) is 1. The molecule has 1 aliphatic carbocycles. The second-order valence-electron chi connectivity index (χ2n) is 7.26. The van der Waals surface area contributed by atoms with Crippen LogP contribution in [0.5, 0.6) is 0 Å². The molecule has 2 amide bonds. The minimum absolute atomic E-state index is 0.230. The van der Waals surface area contributed by atoms with E-state index in [1.807, 2.05) is 24.3 Å². The number of aliphatic carboxylic acids is 1. The predicted molar refractivity (Wildman–Crippen MR) is 111 cm³/mol. The Hall–Kier alpha value is -2.58. The molecule has 2 aliphatic rings. The number of carbonyl (C=O) groups excluding carboxylic acids is 2. The van der Waals surface area contributed by atoms with Crippen molar-refractivity contribution in [1.29, 1.82) is 0 Å². The number of carbonyl (C=O) groups is 3. The lowest BCUT2D eigenvalue weighted by Gasteiger charge is -2.34. The molecule has 8 nitrogen and oxygen atoms in total. The fourth-order valence-electron chi connectivity index (χ4n) is 3.13. The maximum atomic E-state index is 12.2. The van der Waals surface area contributed by atoms with Crippen molar-refractivity contribution in [2.75, 3.05) is 26.7 Å². The molecule has 1 saturated carbocycles. The number of aliphatic hydroxyl groups is 1. The van der Waals surface area contributed by atoms with Crippen LogP contribution in [0.2, 0.25) is 5.02 Å². The fourth-order valence-corrected chi connectivity index (χ4v) is 3.26. The van der Waals surface area contributed by atoms with Gasteiger partial charge < -0.3 is 25.2 Å². The molecule has 30 heavy (non-hydrogen) atoms. The number of aliphatic hydroxyl groups excluding tert-OH is 1. The molecule has 1 aromatic carbocycles. The molecule has 1 heterocycles. The van der Waals surface area contributed by atoms with Crippen LogP contribution >= 0.6 is 11.6 Å². The third-order valence-electron chi connectivity index (χ3n) is 4.96. The summed E-state index contributed by atoms with van der Waals surface area (Å²) in [6.45, 7) is 1.07. The Morgan fingerprint density at radius 2 is 1.93 bits per heavy atom. The first-order chi connectivity index (χ1) is 14.3. The summed E-state index contributed by atoms with van der Waals surface area (Å²) in [5.41, 5.74) is 0.823. The highest BCUT2D eigenvalue weighted by atomic mass is 35.5. The van der Waals surface area contributed by atoms with Gasteiger partial charge in [0, 0.05) is 31.6 Å². The van der Waals surface area contributed by atoms with Gasteiger partial charge in [0.25, 0.3) is 11.8 Å². The normalized spacial score (nSPS) is 16.5. The smallest absolute Gasteiger partial charge is 0.322 e. The number of halogens is 1. The van der Waals surface area contributed by atoms with Gasteiger partial charge in [0.15, 0.2) is 0 Å². The van der Waals surface area contributed by atoms with Gasteiger partial charge in [-0.05, 0) is 36.5 Å². The SMILES string of the molecule is COCc1ccc(Cl)cc1.O=C(O)CNC(=O)C1=C(O)CCN(CC2CCC2)C1=O. The number of carboxylic acids is 1. The number of methoxy groups -OCH3 is 1. The number of rotatable bonds is 7. The Kier molecular flexibility index (Phi) is 9.14. The van der Waals surface area contributed by atoms with Crippen LogP contribution in [-0.2, 0) is 25.7 Å². The molecule has 0 bridgehead atoms. The minimum atomic E-state index is -1.20. The molecule has 3 rings (SSSR count). The number of nitrogens with zero attached hydrogens (tertiary/aromatic N) is 1. The summed E-state index contributed by atoms with van der Waals surface area (Å²) in [7, 11) is 1.68. The van der Waals surface area contributed by atoms with Gasteiger partial charge in [-0.15, -0.1) is 0 Å². The van der Waals surface area contributed by atoms with E-state index >= 15 is 0 Å². The molecule has 9 heteroatoms. The van der Waals surface area contributed by atoms with Gasteiger partial charge in [-0.25, -0.2) is 0 Å². The number of hydrogen-bond donors (Lipinski definition) is 3. The molecule has 0 unspecified atom stereocenters. The van der Waals surface area contributed by atoms with Crippen LogP contribution in [0.25, 0.3) is 0 Å². The second kappa shape index (κ2) is 11.6. The highest BCUT2D eigenvalue weighted by Gasteiger charge is 2.34. The lowest BCUT2D eigenvalue weighted by atomic mass is 9.84. The van der Waals surface area contributed by atoms with Crippen molar-refractivity contribution in [3.63, 3.8) is 0 Å². The summed E-state index contributed by atoms with van der Waals surface area (Å²) < 4.78 is 4.92. The summed E-state index contributed by atoms with van der Waals surface area (Å²) in [4.78, 5) is 36.0. The lowest BCUT2D eigenvalue weighted by Crippen LogP contribution is -2.46. The van der Waals surface area contributed by atoms with E-state index in [0.29, 0.717) is 25.6 Å². The molecule has 1 aliphatic heterocycles. The van der Waals surface area contributed by atoms with Crippen LogP contribution < -0.4 is 5.32 Å². The molecule has 3 N–H and O–H groups in total. The lowest BCUT2D eigenvalue weighted by molar-refractivity contribution is -0.138. The molecular weight excluding hydrogens is 412 g/mol. The molecule has 0 saturated heterocycles. The van der Waals surface area contributed by atoms with Crippen LogP contribution in [0.4, 0.5) is 0 Å². The zero-order valence-electron chi connectivity index (χ0n) is 16.9. The Balaban J connectivity index is 0.000000269. The highest BCUT2D eigenvalue weighted by molar-refractivity contribution is 6.30. The largest absolute Gasteiger partial charge is 0.511 e. The Morgan fingerprint density at radius 3 is 2.47 bits per heavy atom. The van der Waals surface area contributed by atoms with E-state index in [4.69, 9.17) is 21.4 Å². The van der Waals surface area contributed by atoms with E-state index in [1.54, 1.807) is 12.0 Å². The van der Waals surface area contributed by atoms with Crippen LogP contribution in [0, 0.1) is 5.92 Å². The van der Waals surface area contributed by atoms with Crippen LogP contribution in [0.3, 0.4) is 0 Å². The average Bonchev–Trinajstić information content (AvgIpc) is 2.67. The van der Waals surface area contributed by atoms with Crippen LogP contribution in [-0.4, -0.2) is 59.6 Å². The van der Waals surface area contributed by atoms with Gasteiger partial charge in [-0.1, -0.05) is 30.2 Å². The molecule has 164 valence electrons. The fraction of sp³-hybridized carbons (Fsp3) is 0.476. The first-order valence-corrected chi connectivity index (χ1v) is 10.1. The number of amides is 2. The van der Waals surface area contributed by atoms with Crippen molar-refractivity contribution >= 4 is 29.4 Å². The Morgan fingerprint density at radius 1 is 1.27 bits per heavy atom. The van der Waals surface area contributed by atoms with Gasteiger partial charge in [-0.3, -0.25) is 14.4 Å². The maximum absolute atomic E-state index is 12.2. The van der Waals surface area contributed by atoms with Gasteiger partial charge in [0.1, 0.15) is 17.9 Å². The molecule has 1 aromatic rings. The summed E-state index contributed by atoms with van der Waals surface area (Å²) in [5.74, 6) is -2.32. The quantitative estimate of drug-likeness (QED) is 0.563. The standard InChI is InChI=1S/C13H18N2O5.C8H9ClO/c16-9-4-5-15(7-8-2-1-3-8)13(20)11(9)12(19)14-6-10(17)18;1-10-6-7-2-4-8(9)5-3-7/h8,16H,1-7H2,(H,14,19)(H,17,18);2-5H,6H2,1H3. The summed E-state index contributed by atoms with van der Waals surface area (Å²) >= 11 is 5.67. The predicted octanol–water partition coefficient (Wildman–Crippen LogP) is 2.52. The number of ether oxygens (including phenoxy) is 1. The maximum Gasteiger partial charge on any atom is 0.322 e. The third kappa shape index (κ3) is 7.03. The zero-order valence-corrected chi connectivity index (χ0v) is 17.7. The van der Waals surface area contributed by atoms with Gasteiger partial charge in [0.2, 0.25) is 0 Å². The first-order valence-electron chi connectivity index (χ1n) is 9.76. The zero-order chi connectivity index (χ0) is 22.1. The molecular formula is C21H27ClN2O6. The third-order valence-corrected chi connectivity index (χ3v) is 5.21. The van der Waals surface area contributed by atoms with Crippen molar-refractivity contribution in [2.45, 2.75) is 32.3 Å². The number of nitrogens with one attached hydrogen (secondary N) is 1. The Bertz CT molecular complexity index is 789. The van der Waals surface area contributed by atoms with Crippen molar-refractivity contribution in [3.05, 3.63) is 46.2 Å². The van der Waals surface area contributed by atoms with E-state index in [-0.39, 0.29) is 17.8 Å². The molecule has 0 aromatic heterocycles. The number of hydrogen-bond acceptors (Lipinski definition) is 5. The van der Waals surface area contributed by atoms with Crippen molar-refractivity contribution in [3.8, 4) is 0 Å². The molecule has 0 radical (unpaired) electrons. The second-order valence-corrected chi connectivity index (χ2v) is 7.69. The van der Waals surface area contributed by atoms with Crippen molar-refractivity contribution in [1.82, 2.24) is 10.2 Å². The minimum Gasteiger partial charge on any atom is -0.511 e. The molecule has 0 atom stereocenters. The number of benzene rings is 1. The van der Waals surface area contributed by atoms with E-state index in [2.05, 4.69) is 5.32 Å². The summed E-state index contributed by atoms with van der Waals surface area (Å²) in [6.07, 6.45) is 3.56. The molecule has 0 spiro atoms. The Labute approximate surface area is 180 Å². The molecule has 1 fully saturated rings. The van der Waals surface area contributed by atoms with Crippen molar-refractivity contribution in [2.24, 2.45) is 5.92 Å². The monoisotopic (exact) mass is 438 g/mol. The summed E-state index contributed by atoms with van der Waals surface area (Å²) in [5, 5.41) is 21.1. The van der Waals surface area contributed by atoms with Gasteiger partial charge in [0.05, 0.1) is 6.61 Å². The average molecular weight is 439 g/mol. The topological polar surface area (TPSA) is 116 Å². The van der Waals surface area contributed by atoms with E-state index in [9.17, 15) is 19.5 Å². The van der Waals surface area contributed by atoms with Gasteiger partial charge in [-0.2, -0.15) is 0 Å². The van der Waals surface area contributed by atoms with Crippen LogP contribution in [0.15, 0.2) is 35.6 Å². The van der Waals surface area contributed by atoms with E-state index in [1.165, 1.54) is 6.42 Å². The highest BCUT2D eigenvalue weighted by Crippen LogP contribution is 2.29. The van der Waals surface area contributed by atoms with E-state index in [0.717, 1.165) is 23.4 Å². The van der Waals surface area contributed by atoms with Gasteiger partial charge >= 0.3 is 5.97 Å².